The minimum absolute atomic E-state index is 0.0321. The quantitative estimate of drug-likeness (QED) is 0.478. The molecule has 0 rings (SSSR count). The molecule has 0 radical (unpaired) electrons. The van der Waals surface area contributed by atoms with E-state index in [1.165, 1.54) is 6.08 Å². The van der Waals surface area contributed by atoms with Crippen molar-refractivity contribution in [3.63, 3.8) is 0 Å². The normalized spacial score (nSPS) is 11.6. The maximum absolute atomic E-state index is 11.8. The zero-order valence-corrected chi connectivity index (χ0v) is 10.9. The van der Waals surface area contributed by atoms with Gasteiger partial charge in [-0.2, -0.15) is 0 Å². The average Bonchev–Trinajstić information content (AvgIpc) is 2.33. The molecule has 0 saturated carbocycles. The third-order valence-corrected chi connectivity index (χ3v) is 2.62. The summed E-state index contributed by atoms with van der Waals surface area (Å²) in [5, 5.41) is 5.25. The lowest BCUT2D eigenvalue weighted by Gasteiger charge is -2.15. The van der Waals surface area contributed by atoms with Crippen LogP contribution < -0.4 is 10.6 Å². The van der Waals surface area contributed by atoms with Crippen LogP contribution in [0.15, 0.2) is 12.7 Å². The van der Waals surface area contributed by atoms with Crippen LogP contribution in [0.25, 0.3) is 0 Å². The number of hydrogen-bond acceptors (Lipinski definition) is 2. The molecule has 4 heteroatoms. The Hall–Kier alpha value is -1.32. The highest BCUT2D eigenvalue weighted by Gasteiger charge is 2.16. The molecule has 1 atom stereocenters. The Morgan fingerprint density at radius 2 is 1.88 bits per heavy atom. The Kier molecular flexibility index (Phi) is 9.11. The smallest absolute Gasteiger partial charge is 0.244 e. The van der Waals surface area contributed by atoms with Crippen molar-refractivity contribution < 1.29 is 9.59 Å². The van der Waals surface area contributed by atoms with Crippen LogP contribution in [0, 0.1) is 5.92 Å². The van der Waals surface area contributed by atoms with E-state index in [4.69, 9.17) is 0 Å². The van der Waals surface area contributed by atoms with Gasteiger partial charge < -0.3 is 10.6 Å². The third-order valence-electron chi connectivity index (χ3n) is 2.62. The molecule has 0 heterocycles. The molecule has 0 fully saturated rings. The number of nitrogens with one attached hydrogen (secondary N) is 2. The van der Waals surface area contributed by atoms with Crippen molar-refractivity contribution in [2.24, 2.45) is 5.92 Å². The van der Waals surface area contributed by atoms with E-state index in [2.05, 4.69) is 31.1 Å². The summed E-state index contributed by atoms with van der Waals surface area (Å²) < 4.78 is 0. The summed E-state index contributed by atoms with van der Waals surface area (Å²) in [6.07, 6.45) is 6.18. The van der Waals surface area contributed by atoms with Gasteiger partial charge in [-0.15, -0.1) is 0 Å². The topological polar surface area (TPSA) is 58.2 Å². The van der Waals surface area contributed by atoms with Gasteiger partial charge in [0.15, 0.2) is 0 Å². The predicted octanol–water partition coefficient (Wildman–Crippen LogP) is 1.97. The van der Waals surface area contributed by atoms with Crippen LogP contribution in [0.2, 0.25) is 0 Å². The largest absolute Gasteiger partial charge is 0.338 e. The second-order valence-electron chi connectivity index (χ2n) is 4.09. The predicted molar refractivity (Wildman–Crippen MR) is 69.3 cm³/mol. The Balaban J connectivity index is 3.95. The third kappa shape index (κ3) is 7.55. The molecule has 2 N–H and O–H groups in total. The fourth-order valence-corrected chi connectivity index (χ4v) is 1.64. The SMILES string of the molecule is C=CC(=O)NCNC(=O)C(CCC)CCCC. The lowest BCUT2D eigenvalue weighted by atomic mass is 9.96. The van der Waals surface area contributed by atoms with Crippen molar-refractivity contribution in [3.05, 3.63) is 12.7 Å². The van der Waals surface area contributed by atoms with Crippen molar-refractivity contribution in [2.75, 3.05) is 6.67 Å². The molecule has 0 spiro atoms. The lowest BCUT2D eigenvalue weighted by Crippen LogP contribution is -2.39. The van der Waals surface area contributed by atoms with Crippen LogP contribution in [0.1, 0.15) is 46.0 Å². The fraction of sp³-hybridized carbons (Fsp3) is 0.692. The molecule has 98 valence electrons. The Morgan fingerprint density at radius 1 is 1.18 bits per heavy atom. The first-order valence-corrected chi connectivity index (χ1v) is 6.33. The van der Waals surface area contributed by atoms with Gasteiger partial charge in [-0.1, -0.05) is 39.7 Å². The molecule has 0 aliphatic carbocycles. The lowest BCUT2D eigenvalue weighted by molar-refractivity contribution is -0.125. The van der Waals surface area contributed by atoms with E-state index in [0.717, 1.165) is 32.1 Å². The summed E-state index contributed by atoms with van der Waals surface area (Å²) in [6.45, 7) is 7.71. The van der Waals surface area contributed by atoms with Gasteiger partial charge in [-0.05, 0) is 18.9 Å². The first-order chi connectivity index (χ1) is 8.15. The Morgan fingerprint density at radius 3 is 2.41 bits per heavy atom. The van der Waals surface area contributed by atoms with Gasteiger partial charge in [0.2, 0.25) is 11.8 Å². The standard InChI is InChI=1S/C13H24N2O2/c1-4-7-9-11(8-5-2)13(17)15-10-14-12(16)6-3/h6,11H,3-5,7-10H2,1-2H3,(H,14,16)(H,15,17). The van der Waals surface area contributed by atoms with Crippen LogP contribution in [0.5, 0.6) is 0 Å². The molecule has 17 heavy (non-hydrogen) atoms. The number of carbonyl (C=O) groups excluding carboxylic acids is 2. The maximum atomic E-state index is 11.8. The van der Waals surface area contributed by atoms with Crippen LogP contribution in [-0.2, 0) is 9.59 Å². The van der Waals surface area contributed by atoms with E-state index in [-0.39, 0.29) is 24.4 Å². The molecule has 1 unspecified atom stereocenters. The van der Waals surface area contributed by atoms with Crippen LogP contribution in [0.3, 0.4) is 0 Å². The van der Waals surface area contributed by atoms with Gasteiger partial charge in [0.1, 0.15) is 0 Å². The van der Waals surface area contributed by atoms with E-state index in [1.807, 2.05) is 0 Å². The molecule has 0 aromatic carbocycles. The van der Waals surface area contributed by atoms with Gasteiger partial charge in [0, 0.05) is 5.92 Å². The first kappa shape index (κ1) is 15.7. The van der Waals surface area contributed by atoms with Gasteiger partial charge >= 0.3 is 0 Å². The molecule has 0 aliphatic rings. The van der Waals surface area contributed by atoms with E-state index < -0.39 is 0 Å². The van der Waals surface area contributed by atoms with Crippen LogP contribution >= 0.6 is 0 Å². The van der Waals surface area contributed by atoms with Crippen LogP contribution in [-0.4, -0.2) is 18.5 Å². The molecular weight excluding hydrogens is 216 g/mol. The summed E-state index contributed by atoms with van der Waals surface area (Å²) in [5.74, 6) is -0.170. The minimum Gasteiger partial charge on any atom is -0.338 e. The van der Waals surface area contributed by atoms with Crippen molar-refractivity contribution in [3.8, 4) is 0 Å². The first-order valence-electron chi connectivity index (χ1n) is 6.33. The molecule has 0 saturated heterocycles. The number of hydrogen-bond donors (Lipinski definition) is 2. The van der Waals surface area contributed by atoms with E-state index in [9.17, 15) is 9.59 Å². The molecule has 0 aromatic rings. The van der Waals surface area contributed by atoms with E-state index in [0.29, 0.717) is 0 Å². The van der Waals surface area contributed by atoms with Gasteiger partial charge in [-0.25, -0.2) is 0 Å². The summed E-state index contributed by atoms with van der Waals surface area (Å²) in [7, 11) is 0. The maximum Gasteiger partial charge on any atom is 0.244 e. The minimum atomic E-state index is -0.272. The van der Waals surface area contributed by atoms with Gasteiger partial charge in [-0.3, -0.25) is 9.59 Å². The van der Waals surface area contributed by atoms with Crippen LogP contribution in [0.4, 0.5) is 0 Å². The molecule has 0 aromatic heterocycles. The van der Waals surface area contributed by atoms with Crippen molar-refractivity contribution in [1.82, 2.24) is 10.6 Å². The molecule has 4 nitrogen and oxygen atoms in total. The number of amides is 2. The monoisotopic (exact) mass is 240 g/mol. The van der Waals surface area contributed by atoms with Crippen molar-refractivity contribution >= 4 is 11.8 Å². The highest BCUT2D eigenvalue weighted by Crippen LogP contribution is 2.14. The molecule has 2 amide bonds. The summed E-state index contributed by atoms with van der Waals surface area (Å²) in [5.41, 5.74) is 0. The second-order valence-corrected chi connectivity index (χ2v) is 4.09. The van der Waals surface area contributed by atoms with E-state index >= 15 is 0 Å². The zero-order valence-electron chi connectivity index (χ0n) is 10.9. The molecule has 0 aliphatic heterocycles. The number of rotatable bonds is 9. The number of carbonyl (C=O) groups is 2. The number of unbranched alkanes of at least 4 members (excludes halogenated alkanes) is 1. The molecular formula is C13H24N2O2. The highest BCUT2D eigenvalue weighted by molar-refractivity contribution is 5.87. The second kappa shape index (κ2) is 9.87. The fourth-order valence-electron chi connectivity index (χ4n) is 1.64. The van der Waals surface area contributed by atoms with Gasteiger partial charge in [0.05, 0.1) is 6.67 Å². The zero-order chi connectivity index (χ0) is 13.1. The summed E-state index contributed by atoms with van der Waals surface area (Å²) in [6, 6.07) is 0. The van der Waals surface area contributed by atoms with Crippen molar-refractivity contribution in [2.45, 2.75) is 46.0 Å². The summed E-state index contributed by atoms with van der Waals surface area (Å²) >= 11 is 0. The highest BCUT2D eigenvalue weighted by atomic mass is 16.2. The average molecular weight is 240 g/mol. The van der Waals surface area contributed by atoms with Gasteiger partial charge in [0.25, 0.3) is 0 Å². The van der Waals surface area contributed by atoms with Crippen molar-refractivity contribution in [1.29, 1.82) is 0 Å². The molecule has 0 bridgehead atoms. The Bertz CT molecular complexity index is 252. The van der Waals surface area contributed by atoms with E-state index in [1.54, 1.807) is 0 Å². The Labute approximate surface area is 104 Å². The summed E-state index contributed by atoms with van der Waals surface area (Å²) in [4.78, 5) is 22.7.